The molecule has 0 saturated heterocycles. The maximum atomic E-state index is 12.6. The highest BCUT2D eigenvalue weighted by Gasteiger charge is 2.25. The number of hydrogen-bond acceptors (Lipinski definition) is 3. The van der Waals surface area contributed by atoms with Gasteiger partial charge in [-0.15, -0.1) is 0 Å². The van der Waals surface area contributed by atoms with E-state index in [0.29, 0.717) is 24.5 Å². The number of benzene rings is 1. The summed E-state index contributed by atoms with van der Waals surface area (Å²) in [6.45, 7) is 1.04. The van der Waals surface area contributed by atoms with Crippen molar-refractivity contribution < 1.29 is 4.79 Å². The molecule has 3 aromatic rings. The minimum absolute atomic E-state index is 0.0510. The Morgan fingerprint density at radius 2 is 2.08 bits per heavy atom. The molecule has 0 saturated carbocycles. The van der Waals surface area contributed by atoms with Gasteiger partial charge in [-0.05, 0) is 6.07 Å². The van der Waals surface area contributed by atoms with Crippen molar-refractivity contribution in [2.24, 2.45) is 0 Å². The maximum Gasteiger partial charge on any atom is 0.325 e. The molecule has 0 atom stereocenters. The highest BCUT2D eigenvalue weighted by Crippen LogP contribution is 2.31. The zero-order chi connectivity index (χ0) is 17.6. The maximum absolute atomic E-state index is 12.6. The summed E-state index contributed by atoms with van der Waals surface area (Å²) in [5.41, 5.74) is 2.17. The van der Waals surface area contributed by atoms with Crippen LogP contribution < -0.4 is 11.2 Å². The number of carbonyl (C=O) groups excluding carboxylic acids is 1. The lowest BCUT2D eigenvalue weighted by molar-refractivity contribution is -0.131. The van der Waals surface area contributed by atoms with Gasteiger partial charge in [0.05, 0.1) is 17.0 Å². The molecule has 0 unspecified atom stereocenters. The van der Waals surface area contributed by atoms with Crippen LogP contribution in [0.1, 0.15) is 16.8 Å². The average Bonchev–Trinajstić information content (AvgIpc) is 2.97. The summed E-state index contributed by atoms with van der Waals surface area (Å²) in [4.78, 5) is 45.0. The molecule has 128 valence electrons. The molecule has 1 aliphatic rings. The van der Waals surface area contributed by atoms with Crippen LogP contribution in [0.4, 0.5) is 0 Å². The zero-order valence-corrected chi connectivity index (χ0v) is 13.9. The van der Waals surface area contributed by atoms with Crippen LogP contribution in [0.25, 0.3) is 10.9 Å². The normalized spacial score (nSPS) is 13.9. The Morgan fingerprint density at radius 1 is 1.24 bits per heavy atom. The van der Waals surface area contributed by atoms with E-state index in [1.807, 2.05) is 18.2 Å². The molecule has 1 aliphatic heterocycles. The van der Waals surface area contributed by atoms with Crippen LogP contribution in [0.15, 0.2) is 34.0 Å². The molecule has 3 heterocycles. The van der Waals surface area contributed by atoms with Gasteiger partial charge in [0.15, 0.2) is 0 Å². The van der Waals surface area contributed by atoms with Crippen LogP contribution in [0.3, 0.4) is 0 Å². The predicted molar refractivity (Wildman–Crippen MR) is 93.8 cm³/mol. The average molecular weight is 359 g/mol. The number of nitrogens with zero attached hydrogens (tertiary/aromatic N) is 1. The van der Waals surface area contributed by atoms with Crippen molar-refractivity contribution in [2.75, 3.05) is 6.54 Å². The summed E-state index contributed by atoms with van der Waals surface area (Å²) >= 11 is 6.23. The molecule has 1 amide bonds. The van der Waals surface area contributed by atoms with E-state index in [1.54, 1.807) is 4.90 Å². The Balaban J connectivity index is 1.60. The third kappa shape index (κ3) is 2.76. The summed E-state index contributed by atoms with van der Waals surface area (Å²) in [7, 11) is 0. The number of aromatic nitrogens is 3. The van der Waals surface area contributed by atoms with Crippen molar-refractivity contribution in [2.45, 2.75) is 19.4 Å². The molecule has 4 rings (SSSR count). The minimum atomic E-state index is -0.584. The largest absolute Gasteiger partial charge is 0.357 e. The van der Waals surface area contributed by atoms with Gasteiger partial charge in [0.1, 0.15) is 0 Å². The second-order valence-corrected chi connectivity index (χ2v) is 6.49. The van der Waals surface area contributed by atoms with Crippen LogP contribution in [0.5, 0.6) is 0 Å². The SMILES string of the molecule is O=C(Cc1c[nH]c(=O)[nH]c1=O)N1CCc2[nH]c3c(Cl)cccc3c2C1. The molecule has 0 radical (unpaired) electrons. The van der Waals surface area contributed by atoms with Gasteiger partial charge < -0.3 is 14.9 Å². The van der Waals surface area contributed by atoms with Crippen molar-refractivity contribution in [3.05, 3.63) is 67.1 Å². The van der Waals surface area contributed by atoms with Gasteiger partial charge in [-0.1, -0.05) is 23.7 Å². The third-order valence-electron chi connectivity index (χ3n) is 4.55. The fourth-order valence-electron chi connectivity index (χ4n) is 3.26. The Bertz CT molecular complexity index is 1100. The molecule has 1 aromatic carbocycles. The highest BCUT2D eigenvalue weighted by molar-refractivity contribution is 6.35. The van der Waals surface area contributed by atoms with E-state index in [-0.39, 0.29) is 17.9 Å². The fourth-order valence-corrected chi connectivity index (χ4v) is 3.48. The second kappa shape index (κ2) is 5.93. The van der Waals surface area contributed by atoms with E-state index in [1.165, 1.54) is 6.20 Å². The van der Waals surface area contributed by atoms with Crippen LogP contribution in [-0.2, 0) is 24.2 Å². The van der Waals surface area contributed by atoms with Crippen molar-refractivity contribution in [1.82, 2.24) is 19.9 Å². The highest BCUT2D eigenvalue weighted by atomic mass is 35.5. The molecule has 8 heteroatoms. The van der Waals surface area contributed by atoms with Crippen molar-refractivity contribution in [3.8, 4) is 0 Å². The van der Waals surface area contributed by atoms with Crippen LogP contribution in [0, 0.1) is 0 Å². The standard InChI is InChI=1S/C17H15ClN4O3/c18-12-3-1-2-10-11-8-22(5-4-13(11)20-15(10)12)14(23)6-9-7-19-17(25)21-16(9)24/h1-3,7,20H,4-6,8H2,(H2,19,21,24,25). The quantitative estimate of drug-likeness (QED) is 0.644. The van der Waals surface area contributed by atoms with Crippen LogP contribution in [0.2, 0.25) is 5.02 Å². The van der Waals surface area contributed by atoms with Crippen LogP contribution in [-0.4, -0.2) is 32.3 Å². The molecule has 0 aliphatic carbocycles. The third-order valence-corrected chi connectivity index (χ3v) is 4.87. The number of fused-ring (bicyclic) bond motifs is 3. The lowest BCUT2D eigenvalue weighted by Gasteiger charge is -2.27. The number of carbonyl (C=O) groups is 1. The number of para-hydroxylation sites is 1. The number of nitrogens with one attached hydrogen (secondary N) is 3. The monoisotopic (exact) mass is 358 g/mol. The molecular weight excluding hydrogens is 344 g/mol. The Morgan fingerprint density at radius 3 is 2.88 bits per heavy atom. The molecular formula is C17H15ClN4O3. The van der Waals surface area contributed by atoms with E-state index in [9.17, 15) is 14.4 Å². The molecule has 0 bridgehead atoms. The van der Waals surface area contributed by atoms with E-state index >= 15 is 0 Å². The number of halogens is 1. The van der Waals surface area contributed by atoms with Gasteiger partial charge in [-0.25, -0.2) is 4.79 Å². The number of aromatic amines is 3. The summed E-state index contributed by atoms with van der Waals surface area (Å²) in [5, 5.41) is 1.67. The number of H-pyrrole nitrogens is 3. The Kier molecular flexibility index (Phi) is 3.73. The summed E-state index contributed by atoms with van der Waals surface area (Å²) in [5.74, 6) is -0.153. The second-order valence-electron chi connectivity index (χ2n) is 6.08. The van der Waals surface area contributed by atoms with Gasteiger partial charge >= 0.3 is 5.69 Å². The number of hydrogen-bond donors (Lipinski definition) is 3. The van der Waals surface area contributed by atoms with E-state index < -0.39 is 11.2 Å². The molecule has 3 N–H and O–H groups in total. The summed E-state index contributed by atoms with van der Waals surface area (Å²) in [6, 6.07) is 5.70. The van der Waals surface area contributed by atoms with Crippen molar-refractivity contribution >= 4 is 28.4 Å². The smallest absolute Gasteiger partial charge is 0.325 e. The lowest BCUT2D eigenvalue weighted by atomic mass is 10.0. The summed E-state index contributed by atoms with van der Waals surface area (Å²) < 4.78 is 0. The number of amides is 1. The van der Waals surface area contributed by atoms with Crippen LogP contribution >= 0.6 is 11.6 Å². The first-order chi connectivity index (χ1) is 12.0. The molecule has 0 fully saturated rings. The predicted octanol–water partition coefficient (Wildman–Crippen LogP) is 1.33. The zero-order valence-electron chi connectivity index (χ0n) is 13.2. The molecule has 2 aromatic heterocycles. The minimum Gasteiger partial charge on any atom is -0.357 e. The first-order valence-corrected chi connectivity index (χ1v) is 8.27. The van der Waals surface area contributed by atoms with Gasteiger partial charge in [0.25, 0.3) is 5.56 Å². The van der Waals surface area contributed by atoms with Gasteiger partial charge in [0, 0.05) is 47.9 Å². The van der Waals surface area contributed by atoms with Crippen molar-refractivity contribution in [1.29, 1.82) is 0 Å². The fraction of sp³-hybridized carbons (Fsp3) is 0.235. The van der Waals surface area contributed by atoms with Crippen molar-refractivity contribution in [3.63, 3.8) is 0 Å². The molecule has 7 nitrogen and oxygen atoms in total. The lowest BCUT2D eigenvalue weighted by Crippen LogP contribution is -2.38. The molecule has 0 spiro atoms. The summed E-state index contributed by atoms with van der Waals surface area (Å²) in [6.07, 6.45) is 1.94. The topological polar surface area (TPSA) is 102 Å². The van der Waals surface area contributed by atoms with Gasteiger partial charge in [0.2, 0.25) is 5.91 Å². The molecule has 25 heavy (non-hydrogen) atoms. The van der Waals surface area contributed by atoms with E-state index in [4.69, 9.17) is 11.6 Å². The first kappa shape index (κ1) is 15.7. The van der Waals surface area contributed by atoms with E-state index in [2.05, 4.69) is 15.0 Å². The Hall–Kier alpha value is -2.80. The first-order valence-electron chi connectivity index (χ1n) is 7.89. The number of rotatable bonds is 2. The Labute approximate surface area is 146 Å². The van der Waals surface area contributed by atoms with Gasteiger partial charge in [-0.2, -0.15) is 0 Å². The van der Waals surface area contributed by atoms with E-state index in [0.717, 1.165) is 22.2 Å². The van der Waals surface area contributed by atoms with Gasteiger partial charge in [-0.3, -0.25) is 14.6 Å².